The molecule has 0 saturated carbocycles. The highest BCUT2D eigenvalue weighted by atomic mass is 35.5. The minimum atomic E-state index is -4.31. The van der Waals surface area contributed by atoms with E-state index in [2.05, 4.69) is 0 Å². The maximum absolute atomic E-state index is 12.5. The van der Waals surface area contributed by atoms with E-state index in [9.17, 15) is 13.2 Å². The van der Waals surface area contributed by atoms with Crippen LogP contribution in [0, 0.1) is 5.41 Å². The SMILES string of the molecule is CC(C)(C)Cc1cc(C(F)(F)F)ccc1Cl. The number of rotatable bonds is 1. The number of alkyl halides is 3. The van der Waals surface area contributed by atoms with E-state index in [0.29, 0.717) is 17.0 Å². The first-order chi connectivity index (χ1) is 7.09. The third-order valence-electron chi connectivity index (χ3n) is 2.09. The molecule has 0 aliphatic rings. The van der Waals surface area contributed by atoms with Gasteiger partial charge in [-0.25, -0.2) is 0 Å². The van der Waals surface area contributed by atoms with Crippen molar-refractivity contribution in [3.63, 3.8) is 0 Å². The molecule has 0 bridgehead atoms. The second kappa shape index (κ2) is 4.28. The summed E-state index contributed by atoms with van der Waals surface area (Å²) in [6.07, 6.45) is -3.78. The van der Waals surface area contributed by atoms with Crippen molar-refractivity contribution in [3.05, 3.63) is 34.3 Å². The lowest BCUT2D eigenvalue weighted by Crippen LogP contribution is -2.11. The lowest BCUT2D eigenvalue weighted by atomic mass is 9.87. The lowest BCUT2D eigenvalue weighted by Gasteiger charge is -2.20. The van der Waals surface area contributed by atoms with Gasteiger partial charge in [0, 0.05) is 5.02 Å². The molecule has 0 aromatic heterocycles. The van der Waals surface area contributed by atoms with Gasteiger partial charge in [0.05, 0.1) is 5.56 Å². The summed E-state index contributed by atoms with van der Waals surface area (Å²) in [6, 6.07) is 3.45. The summed E-state index contributed by atoms with van der Waals surface area (Å²) in [5.41, 5.74) is -0.187. The van der Waals surface area contributed by atoms with Gasteiger partial charge in [-0.15, -0.1) is 0 Å². The summed E-state index contributed by atoms with van der Waals surface area (Å²) in [6.45, 7) is 5.89. The molecule has 0 amide bonds. The van der Waals surface area contributed by atoms with Gasteiger partial charge >= 0.3 is 6.18 Å². The van der Waals surface area contributed by atoms with Crippen LogP contribution in [-0.4, -0.2) is 0 Å². The van der Waals surface area contributed by atoms with Crippen LogP contribution >= 0.6 is 11.6 Å². The van der Waals surface area contributed by atoms with Gasteiger partial charge in [0.2, 0.25) is 0 Å². The van der Waals surface area contributed by atoms with E-state index >= 15 is 0 Å². The molecule has 0 unspecified atom stereocenters. The predicted octanol–water partition coefficient (Wildman–Crippen LogP) is 4.95. The van der Waals surface area contributed by atoms with Gasteiger partial charge < -0.3 is 0 Å². The Morgan fingerprint density at radius 1 is 1.12 bits per heavy atom. The van der Waals surface area contributed by atoms with Gasteiger partial charge in [-0.1, -0.05) is 32.4 Å². The molecule has 16 heavy (non-hydrogen) atoms. The van der Waals surface area contributed by atoms with Crippen molar-refractivity contribution in [2.24, 2.45) is 5.41 Å². The van der Waals surface area contributed by atoms with Gasteiger partial charge in [0.15, 0.2) is 0 Å². The van der Waals surface area contributed by atoms with Crippen molar-refractivity contribution in [3.8, 4) is 0 Å². The Morgan fingerprint density at radius 2 is 1.69 bits per heavy atom. The van der Waals surface area contributed by atoms with Crippen LogP contribution < -0.4 is 0 Å². The van der Waals surface area contributed by atoms with Crippen molar-refractivity contribution in [2.75, 3.05) is 0 Å². The Labute approximate surface area is 98.4 Å². The third kappa shape index (κ3) is 3.71. The molecular formula is C12H14ClF3. The predicted molar refractivity (Wildman–Crippen MR) is 59.6 cm³/mol. The third-order valence-corrected chi connectivity index (χ3v) is 2.46. The first-order valence-electron chi connectivity index (χ1n) is 4.95. The standard InChI is InChI=1S/C12H14ClF3/c1-11(2,3)7-8-6-9(12(14,15)16)4-5-10(8)13/h4-6H,7H2,1-3H3. The summed E-state index contributed by atoms with van der Waals surface area (Å²) in [5, 5.41) is 0.392. The molecule has 4 heteroatoms. The van der Waals surface area contributed by atoms with Crippen LogP contribution in [0.3, 0.4) is 0 Å². The van der Waals surface area contributed by atoms with Gasteiger partial charge in [-0.3, -0.25) is 0 Å². The molecule has 0 radical (unpaired) electrons. The monoisotopic (exact) mass is 250 g/mol. The maximum Gasteiger partial charge on any atom is 0.416 e. The second-order valence-corrected chi connectivity index (χ2v) is 5.45. The zero-order valence-electron chi connectivity index (χ0n) is 9.45. The number of hydrogen-bond donors (Lipinski definition) is 0. The second-order valence-electron chi connectivity index (χ2n) is 5.04. The van der Waals surface area contributed by atoms with Crippen LogP contribution in [0.2, 0.25) is 5.02 Å². The molecular weight excluding hydrogens is 237 g/mol. The fourth-order valence-corrected chi connectivity index (χ4v) is 1.64. The van der Waals surface area contributed by atoms with Crippen LogP contribution in [-0.2, 0) is 12.6 Å². The molecule has 0 aliphatic heterocycles. The number of halogens is 4. The minimum Gasteiger partial charge on any atom is -0.166 e. The zero-order valence-corrected chi connectivity index (χ0v) is 10.2. The summed E-state index contributed by atoms with van der Waals surface area (Å²) in [5.74, 6) is 0. The number of benzene rings is 1. The highest BCUT2D eigenvalue weighted by Crippen LogP contribution is 2.33. The van der Waals surface area contributed by atoms with Gasteiger partial charge in [0.1, 0.15) is 0 Å². The minimum absolute atomic E-state index is 0.0894. The van der Waals surface area contributed by atoms with E-state index in [-0.39, 0.29) is 5.41 Å². The molecule has 0 spiro atoms. The first kappa shape index (κ1) is 13.4. The van der Waals surface area contributed by atoms with Gasteiger partial charge in [-0.05, 0) is 35.6 Å². The van der Waals surface area contributed by atoms with Gasteiger partial charge in [0.25, 0.3) is 0 Å². The molecule has 0 N–H and O–H groups in total. The van der Waals surface area contributed by atoms with Crippen molar-refractivity contribution >= 4 is 11.6 Å². The largest absolute Gasteiger partial charge is 0.416 e. The molecule has 90 valence electrons. The van der Waals surface area contributed by atoms with Gasteiger partial charge in [-0.2, -0.15) is 13.2 Å². The zero-order chi connectivity index (χ0) is 12.6. The molecule has 0 saturated heterocycles. The molecule has 1 rings (SSSR count). The van der Waals surface area contributed by atoms with Crippen molar-refractivity contribution in [1.82, 2.24) is 0 Å². The van der Waals surface area contributed by atoms with Crippen molar-refractivity contribution < 1.29 is 13.2 Å². The van der Waals surface area contributed by atoms with E-state index in [1.54, 1.807) is 0 Å². The number of hydrogen-bond acceptors (Lipinski definition) is 0. The Kier molecular flexibility index (Phi) is 3.58. The normalized spacial score (nSPS) is 12.9. The van der Waals surface area contributed by atoms with E-state index < -0.39 is 11.7 Å². The summed E-state index contributed by atoms with van der Waals surface area (Å²) >= 11 is 5.89. The molecule has 0 atom stereocenters. The first-order valence-corrected chi connectivity index (χ1v) is 5.33. The molecule has 1 aromatic rings. The molecule has 0 nitrogen and oxygen atoms in total. The van der Waals surface area contributed by atoms with E-state index in [0.717, 1.165) is 12.1 Å². The highest BCUT2D eigenvalue weighted by Gasteiger charge is 2.31. The lowest BCUT2D eigenvalue weighted by molar-refractivity contribution is -0.137. The fraction of sp³-hybridized carbons (Fsp3) is 0.500. The molecule has 0 fully saturated rings. The van der Waals surface area contributed by atoms with Crippen LogP contribution in [0.5, 0.6) is 0 Å². The van der Waals surface area contributed by atoms with Crippen LogP contribution in [0.25, 0.3) is 0 Å². The smallest absolute Gasteiger partial charge is 0.166 e. The fourth-order valence-electron chi connectivity index (χ4n) is 1.46. The van der Waals surface area contributed by atoms with Crippen LogP contribution in [0.15, 0.2) is 18.2 Å². The van der Waals surface area contributed by atoms with Crippen molar-refractivity contribution in [2.45, 2.75) is 33.4 Å². The average Bonchev–Trinajstić information content (AvgIpc) is 2.04. The Balaban J connectivity index is 3.10. The summed E-state index contributed by atoms with van der Waals surface area (Å²) in [4.78, 5) is 0. The Hall–Kier alpha value is -0.700. The highest BCUT2D eigenvalue weighted by molar-refractivity contribution is 6.31. The van der Waals surface area contributed by atoms with E-state index in [4.69, 9.17) is 11.6 Å². The Bertz CT molecular complexity index is 375. The quantitative estimate of drug-likeness (QED) is 0.662. The van der Waals surface area contributed by atoms with Crippen molar-refractivity contribution in [1.29, 1.82) is 0 Å². The topological polar surface area (TPSA) is 0 Å². The van der Waals surface area contributed by atoms with E-state index in [1.807, 2.05) is 20.8 Å². The molecule has 1 aromatic carbocycles. The van der Waals surface area contributed by atoms with Crippen LogP contribution in [0.4, 0.5) is 13.2 Å². The molecule has 0 heterocycles. The summed E-state index contributed by atoms with van der Waals surface area (Å²) in [7, 11) is 0. The summed E-state index contributed by atoms with van der Waals surface area (Å²) < 4.78 is 37.5. The van der Waals surface area contributed by atoms with E-state index in [1.165, 1.54) is 6.07 Å². The average molecular weight is 251 g/mol. The Morgan fingerprint density at radius 3 is 2.12 bits per heavy atom. The molecule has 0 aliphatic carbocycles. The maximum atomic E-state index is 12.5. The van der Waals surface area contributed by atoms with Crippen LogP contribution in [0.1, 0.15) is 31.9 Å².